The van der Waals surface area contributed by atoms with Crippen LogP contribution in [0.25, 0.3) is 49.7 Å². The van der Waals surface area contributed by atoms with Crippen molar-refractivity contribution in [3.05, 3.63) is 114 Å². The summed E-state index contributed by atoms with van der Waals surface area (Å²) in [5.41, 5.74) is 9.34. The fourth-order valence-corrected chi connectivity index (χ4v) is 8.26. The van der Waals surface area contributed by atoms with Gasteiger partial charge in [-0.3, -0.25) is 0 Å². The quantitative estimate of drug-likeness (QED) is 0.231. The molecule has 8 rings (SSSR count). The van der Waals surface area contributed by atoms with E-state index in [-0.39, 0.29) is 5.41 Å². The van der Waals surface area contributed by atoms with Crippen LogP contribution in [0.15, 0.2) is 113 Å². The van der Waals surface area contributed by atoms with E-state index in [4.69, 9.17) is 0 Å². The molecular weight excluding hydrogens is 474 g/mol. The molecule has 2 heterocycles. The van der Waals surface area contributed by atoms with Crippen molar-refractivity contribution >= 4 is 31.6 Å². The predicted molar refractivity (Wildman–Crippen MR) is 149 cm³/mol. The molecule has 37 heavy (non-hydrogen) atoms. The number of sulfone groups is 1. The third kappa shape index (κ3) is 2.53. The average Bonchev–Trinajstić information content (AvgIpc) is 3.45. The zero-order chi connectivity index (χ0) is 25.1. The summed E-state index contributed by atoms with van der Waals surface area (Å²) < 4.78 is 29.1. The Morgan fingerprint density at radius 3 is 1.92 bits per heavy atom. The molecule has 0 fully saturated rings. The molecule has 0 atom stereocenters. The monoisotopic (exact) mass is 497 g/mol. The first-order chi connectivity index (χ1) is 17.9. The minimum Gasteiger partial charge on any atom is -0.309 e. The van der Waals surface area contributed by atoms with Crippen LogP contribution in [0.4, 0.5) is 0 Å². The van der Waals surface area contributed by atoms with Crippen LogP contribution in [-0.2, 0) is 15.3 Å². The highest BCUT2D eigenvalue weighted by atomic mass is 32.2. The molecule has 0 saturated heterocycles. The molecule has 1 aliphatic carbocycles. The third-order valence-corrected chi connectivity index (χ3v) is 10.2. The lowest BCUT2D eigenvalue weighted by Gasteiger charge is -2.23. The maximum atomic E-state index is 13.4. The molecule has 0 bridgehead atoms. The van der Waals surface area contributed by atoms with E-state index in [1.807, 2.05) is 18.2 Å². The second kappa shape index (κ2) is 6.78. The highest BCUT2D eigenvalue weighted by Crippen LogP contribution is 2.54. The Labute approximate surface area is 215 Å². The van der Waals surface area contributed by atoms with Gasteiger partial charge >= 0.3 is 0 Å². The molecule has 0 N–H and O–H groups in total. The zero-order valence-electron chi connectivity index (χ0n) is 20.5. The van der Waals surface area contributed by atoms with Crippen LogP contribution in [0.3, 0.4) is 0 Å². The van der Waals surface area contributed by atoms with Crippen LogP contribution in [0.2, 0.25) is 0 Å². The van der Waals surface area contributed by atoms with E-state index in [1.54, 1.807) is 12.1 Å². The second-order valence-corrected chi connectivity index (χ2v) is 12.5. The van der Waals surface area contributed by atoms with Crippen LogP contribution in [-0.4, -0.2) is 13.0 Å². The van der Waals surface area contributed by atoms with E-state index in [0.717, 1.165) is 27.9 Å². The molecule has 2 aliphatic rings. The topological polar surface area (TPSA) is 39.1 Å². The highest BCUT2D eigenvalue weighted by molar-refractivity contribution is 7.92. The first-order valence-corrected chi connectivity index (χ1v) is 14.0. The van der Waals surface area contributed by atoms with Gasteiger partial charge in [0.1, 0.15) is 0 Å². The van der Waals surface area contributed by atoms with E-state index in [2.05, 4.69) is 91.2 Å². The summed E-state index contributed by atoms with van der Waals surface area (Å²) >= 11 is 0. The van der Waals surface area contributed by atoms with Gasteiger partial charge in [-0.25, -0.2) is 8.42 Å². The molecular formula is C33H23NO2S. The van der Waals surface area contributed by atoms with Crippen molar-refractivity contribution < 1.29 is 8.42 Å². The smallest absolute Gasteiger partial charge is 0.207 e. The summed E-state index contributed by atoms with van der Waals surface area (Å²) in [4.78, 5) is 0.830. The first kappa shape index (κ1) is 21.0. The largest absolute Gasteiger partial charge is 0.309 e. The van der Waals surface area contributed by atoms with Gasteiger partial charge in [-0.2, -0.15) is 0 Å². The van der Waals surface area contributed by atoms with Crippen LogP contribution in [0, 0.1) is 0 Å². The average molecular weight is 498 g/mol. The molecule has 4 heteroatoms. The van der Waals surface area contributed by atoms with E-state index in [1.165, 1.54) is 32.9 Å². The molecule has 3 nitrogen and oxygen atoms in total. The van der Waals surface area contributed by atoms with Gasteiger partial charge in [0.2, 0.25) is 9.84 Å². The van der Waals surface area contributed by atoms with Crippen molar-refractivity contribution in [1.82, 2.24) is 4.57 Å². The Kier molecular flexibility index (Phi) is 3.85. The van der Waals surface area contributed by atoms with E-state index >= 15 is 0 Å². The number of hydrogen-bond donors (Lipinski definition) is 0. The standard InChI is InChI=1S/C33H23NO2S/c1-33(2)27-17-20(34-29-12-6-3-9-22(29)23-10-4-7-13-30(23)34)15-16-21(27)25-19-32-26(18-28(25)33)24-11-5-8-14-31(24)37(32,35)36/h3-19H,1-2H3. The van der Waals surface area contributed by atoms with Crippen molar-refractivity contribution in [2.24, 2.45) is 0 Å². The van der Waals surface area contributed by atoms with Crippen LogP contribution >= 0.6 is 0 Å². The molecule has 1 aliphatic heterocycles. The minimum atomic E-state index is -3.52. The van der Waals surface area contributed by atoms with Gasteiger partial charge in [-0.05, 0) is 64.7 Å². The lowest BCUT2D eigenvalue weighted by atomic mass is 9.81. The first-order valence-electron chi connectivity index (χ1n) is 12.5. The van der Waals surface area contributed by atoms with Gasteiger partial charge in [0, 0.05) is 33.0 Å². The van der Waals surface area contributed by atoms with Gasteiger partial charge in [-0.1, -0.05) is 74.5 Å². The Morgan fingerprint density at radius 1 is 0.568 bits per heavy atom. The van der Waals surface area contributed by atoms with Gasteiger partial charge in [0.05, 0.1) is 20.8 Å². The molecule has 0 saturated carbocycles. The van der Waals surface area contributed by atoms with E-state index < -0.39 is 9.84 Å². The van der Waals surface area contributed by atoms with Crippen LogP contribution < -0.4 is 0 Å². The summed E-state index contributed by atoms with van der Waals surface area (Å²) in [7, 11) is -3.52. The number of benzene rings is 5. The van der Waals surface area contributed by atoms with Crippen LogP contribution in [0.5, 0.6) is 0 Å². The number of fused-ring (bicyclic) bond motifs is 9. The molecule has 0 radical (unpaired) electrons. The van der Waals surface area contributed by atoms with Crippen molar-refractivity contribution in [3.63, 3.8) is 0 Å². The fraction of sp³-hybridized carbons (Fsp3) is 0.0909. The zero-order valence-corrected chi connectivity index (χ0v) is 21.3. The summed E-state index contributed by atoms with van der Waals surface area (Å²) in [5.74, 6) is 0. The number of para-hydroxylation sites is 2. The molecule has 178 valence electrons. The number of nitrogens with zero attached hydrogens (tertiary/aromatic N) is 1. The number of aromatic nitrogens is 1. The lowest BCUT2D eigenvalue weighted by Crippen LogP contribution is -2.15. The Bertz CT molecular complexity index is 2030. The molecule has 0 unspecified atom stereocenters. The van der Waals surface area contributed by atoms with Crippen molar-refractivity contribution in [2.75, 3.05) is 0 Å². The Hall–Kier alpha value is -4.15. The van der Waals surface area contributed by atoms with Crippen molar-refractivity contribution in [2.45, 2.75) is 29.1 Å². The molecule has 0 amide bonds. The van der Waals surface area contributed by atoms with Gasteiger partial charge in [0.25, 0.3) is 0 Å². The van der Waals surface area contributed by atoms with Gasteiger partial charge in [0.15, 0.2) is 0 Å². The second-order valence-electron chi connectivity index (χ2n) is 10.6. The summed E-state index contributed by atoms with van der Waals surface area (Å²) in [5, 5.41) is 2.47. The van der Waals surface area contributed by atoms with E-state index in [9.17, 15) is 8.42 Å². The molecule has 0 spiro atoms. The number of hydrogen-bond acceptors (Lipinski definition) is 2. The SMILES string of the molecule is CC1(C)c2cc(-n3c4ccccc4c4ccccc43)ccc2-c2cc3c(cc21)-c1ccccc1S3(=O)=O. The highest BCUT2D eigenvalue weighted by Gasteiger charge is 2.41. The van der Waals surface area contributed by atoms with Gasteiger partial charge < -0.3 is 4.57 Å². The fourth-order valence-electron chi connectivity index (χ4n) is 6.56. The molecule has 6 aromatic rings. The van der Waals surface area contributed by atoms with E-state index in [0.29, 0.717) is 9.79 Å². The number of rotatable bonds is 1. The Morgan fingerprint density at radius 2 is 1.19 bits per heavy atom. The maximum absolute atomic E-state index is 13.4. The Balaban J connectivity index is 1.38. The van der Waals surface area contributed by atoms with Crippen molar-refractivity contribution in [3.8, 4) is 27.9 Å². The molecule has 5 aromatic carbocycles. The summed E-state index contributed by atoms with van der Waals surface area (Å²) in [6, 6.07) is 35.1. The minimum absolute atomic E-state index is 0.268. The van der Waals surface area contributed by atoms with Crippen LogP contribution in [0.1, 0.15) is 25.0 Å². The van der Waals surface area contributed by atoms with Gasteiger partial charge in [-0.15, -0.1) is 0 Å². The maximum Gasteiger partial charge on any atom is 0.207 e. The third-order valence-electron chi connectivity index (χ3n) is 8.35. The molecule has 1 aromatic heterocycles. The van der Waals surface area contributed by atoms with Crippen molar-refractivity contribution in [1.29, 1.82) is 0 Å². The summed E-state index contributed by atoms with van der Waals surface area (Å²) in [6.45, 7) is 4.49. The predicted octanol–water partition coefficient (Wildman–Crippen LogP) is 7.90. The summed E-state index contributed by atoms with van der Waals surface area (Å²) in [6.07, 6.45) is 0. The lowest BCUT2D eigenvalue weighted by molar-refractivity contribution is 0.598. The normalized spacial score (nSPS) is 15.9.